The van der Waals surface area contributed by atoms with E-state index < -0.39 is 0 Å². The molecule has 1 aliphatic heterocycles. The van der Waals surface area contributed by atoms with Crippen molar-refractivity contribution < 1.29 is 14.3 Å². The summed E-state index contributed by atoms with van der Waals surface area (Å²) in [5, 5.41) is 0. The Kier molecular flexibility index (Phi) is 5.22. The maximum atomic E-state index is 12.0. The van der Waals surface area contributed by atoms with Gasteiger partial charge < -0.3 is 9.47 Å². The van der Waals surface area contributed by atoms with E-state index in [4.69, 9.17) is 9.47 Å². The molecule has 0 saturated carbocycles. The Balaban J connectivity index is 1.58. The maximum Gasteiger partial charge on any atom is 0.199 e. The summed E-state index contributed by atoms with van der Waals surface area (Å²) in [6.07, 6.45) is 6.47. The normalized spacial score (nSPS) is 18.0. The third-order valence-corrected chi connectivity index (χ3v) is 3.77. The van der Waals surface area contributed by atoms with Gasteiger partial charge in [0.25, 0.3) is 0 Å². The molecule has 1 atom stereocenters. The second-order valence-corrected chi connectivity index (χ2v) is 5.55. The van der Waals surface area contributed by atoms with E-state index in [1.165, 1.54) is 0 Å². The highest BCUT2D eigenvalue weighted by molar-refractivity contribution is 6.06. The van der Waals surface area contributed by atoms with Gasteiger partial charge in [0.05, 0.1) is 6.61 Å². The van der Waals surface area contributed by atoms with E-state index in [1.54, 1.807) is 6.08 Å². The number of carbonyl (C=O) groups is 1. The second-order valence-electron chi connectivity index (χ2n) is 5.55. The molecule has 2 aromatic carbocycles. The predicted octanol–water partition coefficient (Wildman–Crippen LogP) is 4.49. The molecule has 0 aromatic heterocycles. The van der Waals surface area contributed by atoms with E-state index in [9.17, 15) is 4.79 Å². The molecule has 0 amide bonds. The van der Waals surface area contributed by atoms with Crippen molar-refractivity contribution >= 4 is 11.9 Å². The van der Waals surface area contributed by atoms with E-state index >= 15 is 0 Å². The van der Waals surface area contributed by atoms with Gasteiger partial charge in [-0.3, -0.25) is 4.79 Å². The van der Waals surface area contributed by atoms with Crippen LogP contribution in [0.4, 0.5) is 0 Å². The number of carbonyl (C=O) groups excluding carboxylic acids is 1. The number of ether oxygens (including phenoxy) is 2. The SMILES string of the molecule is O=C(C=Cc1ccc(OC2CCCCO2)cc1)c1ccccc1. The Morgan fingerprint density at radius 3 is 2.52 bits per heavy atom. The molecular formula is C20H20O3. The smallest absolute Gasteiger partial charge is 0.199 e. The number of allylic oxidation sites excluding steroid dienone is 1. The highest BCUT2D eigenvalue weighted by Gasteiger charge is 2.14. The van der Waals surface area contributed by atoms with Gasteiger partial charge in [-0.15, -0.1) is 0 Å². The van der Waals surface area contributed by atoms with Crippen LogP contribution in [0.2, 0.25) is 0 Å². The number of hydrogen-bond acceptors (Lipinski definition) is 3. The Morgan fingerprint density at radius 2 is 1.83 bits per heavy atom. The highest BCUT2D eigenvalue weighted by atomic mass is 16.7. The van der Waals surface area contributed by atoms with Crippen LogP contribution >= 0.6 is 0 Å². The fourth-order valence-electron chi connectivity index (χ4n) is 2.48. The van der Waals surface area contributed by atoms with Crippen molar-refractivity contribution in [1.29, 1.82) is 0 Å². The molecule has 3 heteroatoms. The van der Waals surface area contributed by atoms with Crippen LogP contribution in [0, 0.1) is 0 Å². The third-order valence-electron chi connectivity index (χ3n) is 3.77. The van der Waals surface area contributed by atoms with Crippen LogP contribution in [0.5, 0.6) is 5.75 Å². The molecule has 1 unspecified atom stereocenters. The molecule has 0 spiro atoms. The lowest BCUT2D eigenvalue weighted by Gasteiger charge is -2.23. The summed E-state index contributed by atoms with van der Waals surface area (Å²) in [6, 6.07) is 16.9. The molecule has 0 bridgehead atoms. The molecule has 0 radical (unpaired) electrons. The molecule has 1 saturated heterocycles. The van der Waals surface area contributed by atoms with Crippen LogP contribution in [-0.2, 0) is 4.74 Å². The fourth-order valence-corrected chi connectivity index (χ4v) is 2.48. The van der Waals surface area contributed by atoms with Crippen LogP contribution < -0.4 is 4.74 Å². The van der Waals surface area contributed by atoms with Gasteiger partial charge in [0, 0.05) is 12.0 Å². The average Bonchev–Trinajstić information content (AvgIpc) is 2.62. The van der Waals surface area contributed by atoms with E-state index in [1.807, 2.05) is 60.7 Å². The lowest BCUT2D eigenvalue weighted by atomic mass is 10.1. The summed E-state index contributed by atoms with van der Waals surface area (Å²) in [5.41, 5.74) is 1.66. The standard InChI is InChI=1S/C20H20O3/c21-19(17-6-2-1-3-7-17)14-11-16-9-12-18(13-10-16)23-20-8-4-5-15-22-20/h1-3,6-7,9-14,20H,4-5,8,15H2. The molecule has 0 N–H and O–H groups in total. The van der Waals surface area contributed by atoms with Gasteiger partial charge in [-0.25, -0.2) is 0 Å². The van der Waals surface area contributed by atoms with Crippen LogP contribution in [0.15, 0.2) is 60.7 Å². The summed E-state index contributed by atoms with van der Waals surface area (Å²) < 4.78 is 11.4. The topological polar surface area (TPSA) is 35.5 Å². The lowest BCUT2D eigenvalue weighted by molar-refractivity contribution is -0.105. The lowest BCUT2D eigenvalue weighted by Crippen LogP contribution is -2.24. The van der Waals surface area contributed by atoms with Crippen molar-refractivity contribution in [2.45, 2.75) is 25.6 Å². The zero-order chi connectivity index (χ0) is 15.9. The minimum atomic E-state index is -0.134. The van der Waals surface area contributed by atoms with Gasteiger partial charge >= 0.3 is 0 Å². The van der Waals surface area contributed by atoms with Crippen LogP contribution in [-0.4, -0.2) is 18.7 Å². The number of hydrogen-bond donors (Lipinski definition) is 0. The molecule has 0 aliphatic carbocycles. The van der Waals surface area contributed by atoms with Crippen LogP contribution in [0.3, 0.4) is 0 Å². The minimum absolute atomic E-state index is 0.00142. The molecule has 3 nitrogen and oxygen atoms in total. The molecule has 23 heavy (non-hydrogen) atoms. The van der Waals surface area contributed by atoms with Crippen LogP contribution in [0.25, 0.3) is 6.08 Å². The van der Waals surface area contributed by atoms with Crippen LogP contribution in [0.1, 0.15) is 35.2 Å². The molecule has 3 rings (SSSR count). The van der Waals surface area contributed by atoms with Gasteiger partial charge in [-0.2, -0.15) is 0 Å². The molecule has 1 heterocycles. The number of benzene rings is 2. The summed E-state index contributed by atoms with van der Waals surface area (Å²) in [4.78, 5) is 12.0. The first-order valence-electron chi connectivity index (χ1n) is 7.97. The Morgan fingerprint density at radius 1 is 1.04 bits per heavy atom. The van der Waals surface area contributed by atoms with Crippen molar-refractivity contribution in [1.82, 2.24) is 0 Å². The molecule has 1 aliphatic rings. The highest BCUT2D eigenvalue weighted by Crippen LogP contribution is 2.20. The van der Waals surface area contributed by atoms with Gasteiger partial charge in [-0.1, -0.05) is 48.5 Å². The van der Waals surface area contributed by atoms with E-state index in [-0.39, 0.29) is 12.1 Å². The Hall–Kier alpha value is -2.39. The number of rotatable bonds is 5. The average molecular weight is 308 g/mol. The largest absolute Gasteiger partial charge is 0.465 e. The van der Waals surface area contributed by atoms with E-state index in [0.717, 1.165) is 37.2 Å². The van der Waals surface area contributed by atoms with E-state index in [2.05, 4.69) is 0 Å². The van der Waals surface area contributed by atoms with E-state index in [0.29, 0.717) is 5.56 Å². The maximum absolute atomic E-state index is 12.0. The third kappa shape index (κ3) is 4.54. The quantitative estimate of drug-likeness (QED) is 0.603. The van der Waals surface area contributed by atoms with Crippen molar-refractivity contribution in [3.05, 3.63) is 71.8 Å². The summed E-state index contributed by atoms with van der Waals surface area (Å²) in [6.45, 7) is 0.771. The Bertz CT molecular complexity index is 653. The Labute approximate surface area is 136 Å². The molecule has 118 valence electrons. The predicted molar refractivity (Wildman–Crippen MR) is 90.5 cm³/mol. The minimum Gasteiger partial charge on any atom is -0.465 e. The molecule has 1 fully saturated rings. The van der Waals surface area contributed by atoms with Crippen molar-refractivity contribution in [2.75, 3.05) is 6.61 Å². The first-order chi connectivity index (χ1) is 11.3. The van der Waals surface area contributed by atoms with Gasteiger partial charge in [0.15, 0.2) is 12.1 Å². The monoisotopic (exact) mass is 308 g/mol. The van der Waals surface area contributed by atoms with Gasteiger partial charge in [0.1, 0.15) is 5.75 Å². The zero-order valence-corrected chi connectivity index (χ0v) is 13.0. The second kappa shape index (κ2) is 7.75. The molecule has 2 aromatic rings. The molecular weight excluding hydrogens is 288 g/mol. The fraction of sp³-hybridized carbons (Fsp3) is 0.250. The van der Waals surface area contributed by atoms with Crippen molar-refractivity contribution in [3.63, 3.8) is 0 Å². The van der Waals surface area contributed by atoms with Crippen molar-refractivity contribution in [2.24, 2.45) is 0 Å². The van der Waals surface area contributed by atoms with Gasteiger partial charge in [-0.05, 0) is 36.6 Å². The first-order valence-corrected chi connectivity index (χ1v) is 7.97. The summed E-state index contributed by atoms with van der Waals surface area (Å²) in [7, 11) is 0. The summed E-state index contributed by atoms with van der Waals surface area (Å²) >= 11 is 0. The summed E-state index contributed by atoms with van der Waals surface area (Å²) in [5.74, 6) is 0.796. The number of ketones is 1. The zero-order valence-electron chi connectivity index (χ0n) is 13.0. The first kappa shape index (κ1) is 15.5. The van der Waals surface area contributed by atoms with Crippen molar-refractivity contribution in [3.8, 4) is 5.75 Å². The van der Waals surface area contributed by atoms with Gasteiger partial charge in [0.2, 0.25) is 0 Å².